The fraction of sp³-hybridized carbons (Fsp3) is 0.500. The first-order chi connectivity index (χ1) is 8.01. The van der Waals surface area contributed by atoms with Crippen LogP contribution in [0, 0.1) is 0 Å². The predicted octanol–water partition coefficient (Wildman–Crippen LogP) is 2.22. The number of anilines is 2. The number of rotatable bonds is 6. The van der Waals surface area contributed by atoms with Crippen molar-refractivity contribution in [3.05, 3.63) is 24.3 Å². The highest BCUT2D eigenvalue weighted by molar-refractivity contribution is 7.92. The predicted molar refractivity (Wildman–Crippen MR) is 72.6 cm³/mol. The van der Waals surface area contributed by atoms with Crippen LogP contribution in [0.15, 0.2) is 24.3 Å². The van der Waals surface area contributed by atoms with Crippen molar-refractivity contribution in [2.75, 3.05) is 22.3 Å². The van der Waals surface area contributed by atoms with E-state index >= 15 is 0 Å². The molecule has 2 N–H and O–H groups in total. The molecule has 5 heteroatoms. The van der Waals surface area contributed by atoms with Crippen molar-refractivity contribution in [1.29, 1.82) is 0 Å². The Labute approximate surface area is 103 Å². The Kier molecular flexibility index (Phi) is 4.81. The molecule has 0 atom stereocenters. The van der Waals surface area contributed by atoms with Gasteiger partial charge in [0.1, 0.15) is 0 Å². The minimum Gasteiger partial charge on any atom is -0.399 e. The lowest BCUT2D eigenvalue weighted by Gasteiger charge is -2.24. The third-order valence-corrected chi connectivity index (χ3v) is 4.37. The van der Waals surface area contributed by atoms with E-state index in [4.69, 9.17) is 5.73 Å². The molecule has 1 aromatic carbocycles. The summed E-state index contributed by atoms with van der Waals surface area (Å²) in [6.07, 6.45) is 1.39. The molecule has 0 aliphatic heterocycles. The van der Waals surface area contributed by atoms with Crippen LogP contribution in [0.1, 0.15) is 26.7 Å². The van der Waals surface area contributed by atoms with Gasteiger partial charge in [0.2, 0.25) is 10.0 Å². The fourth-order valence-corrected chi connectivity index (χ4v) is 3.31. The second-order valence-electron chi connectivity index (χ2n) is 3.98. The van der Waals surface area contributed by atoms with Crippen LogP contribution >= 0.6 is 0 Å². The average Bonchev–Trinajstić information content (AvgIpc) is 2.25. The van der Waals surface area contributed by atoms with Crippen LogP contribution in [0.3, 0.4) is 0 Å². The molecule has 1 rings (SSSR count). The summed E-state index contributed by atoms with van der Waals surface area (Å²) in [5.74, 6) is 0.168. The molecule has 0 saturated heterocycles. The van der Waals surface area contributed by atoms with Crippen LogP contribution in [0.25, 0.3) is 0 Å². The van der Waals surface area contributed by atoms with E-state index in [2.05, 4.69) is 0 Å². The minimum absolute atomic E-state index is 0.168. The molecule has 0 fully saturated rings. The highest BCUT2D eigenvalue weighted by Gasteiger charge is 2.20. The van der Waals surface area contributed by atoms with Crippen molar-refractivity contribution in [1.82, 2.24) is 0 Å². The van der Waals surface area contributed by atoms with E-state index in [0.29, 0.717) is 24.3 Å². The molecule has 0 unspecified atom stereocenters. The van der Waals surface area contributed by atoms with Gasteiger partial charge in [0.25, 0.3) is 0 Å². The monoisotopic (exact) mass is 256 g/mol. The summed E-state index contributed by atoms with van der Waals surface area (Å²) in [5.41, 5.74) is 6.92. The molecule has 0 amide bonds. The molecular formula is C12H20N2O2S. The standard InChI is InChI=1S/C12H20N2O2S/c1-3-8-14(17(15,16)9-4-2)12-7-5-6-11(13)10-12/h5-7,10H,3-4,8-9,13H2,1-2H3. The van der Waals surface area contributed by atoms with Crippen molar-refractivity contribution in [2.24, 2.45) is 0 Å². The first-order valence-corrected chi connectivity index (χ1v) is 7.48. The van der Waals surface area contributed by atoms with Gasteiger partial charge in [0, 0.05) is 12.2 Å². The Balaban J connectivity index is 3.09. The second kappa shape index (κ2) is 5.91. The van der Waals surface area contributed by atoms with E-state index in [-0.39, 0.29) is 5.75 Å². The van der Waals surface area contributed by atoms with Crippen molar-refractivity contribution >= 4 is 21.4 Å². The highest BCUT2D eigenvalue weighted by Crippen LogP contribution is 2.21. The van der Waals surface area contributed by atoms with Gasteiger partial charge in [-0.25, -0.2) is 8.42 Å². The largest absolute Gasteiger partial charge is 0.399 e. The maximum atomic E-state index is 12.1. The van der Waals surface area contributed by atoms with E-state index in [1.165, 1.54) is 4.31 Å². The highest BCUT2D eigenvalue weighted by atomic mass is 32.2. The Morgan fingerprint density at radius 2 is 1.94 bits per heavy atom. The average molecular weight is 256 g/mol. The number of hydrogen-bond donors (Lipinski definition) is 1. The molecule has 4 nitrogen and oxygen atoms in total. The lowest BCUT2D eigenvalue weighted by Crippen LogP contribution is -2.33. The number of benzene rings is 1. The summed E-state index contributed by atoms with van der Waals surface area (Å²) in [6.45, 7) is 4.31. The molecule has 0 aliphatic rings. The summed E-state index contributed by atoms with van der Waals surface area (Å²) < 4.78 is 25.7. The smallest absolute Gasteiger partial charge is 0.235 e. The van der Waals surface area contributed by atoms with Crippen LogP contribution in [0.4, 0.5) is 11.4 Å². The van der Waals surface area contributed by atoms with Crippen molar-refractivity contribution in [3.63, 3.8) is 0 Å². The molecule has 0 radical (unpaired) electrons. The van der Waals surface area contributed by atoms with Crippen LogP contribution in [-0.2, 0) is 10.0 Å². The zero-order valence-electron chi connectivity index (χ0n) is 10.4. The minimum atomic E-state index is -3.23. The van der Waals surface area contributed by atoms with Crippen molar-refractivity contribution in [2.45, 2.75) is 26.7 Å². The van der Waals surface area contributed by atoms with E-state index in [1.54, 1.807) is 24.3 Å². The molecule has 0 aliphatic carbocycles. The lowest BCUT2D eigenvalue weighted by atomic mass is 10.3. The molecule has 17 heavy (non-hydrogen) atoms. The first kappa shape index (κ1) is 13.8. The fourth-order valence-electron chi connectivity index (χ4n) is 1.68. The summed E-state index contributed by atoms with van der Waals surface area (Å²) in [6, 6.07) is 7.00. The zero-order chi connectivity index (χ0) is 12.9. The van der Waals surface area contributed by atoms with Crippen molar-refractivity contribution in [3.8, 4) is 0 Å². The maximum Gasteiger partial charge on any atom is 0.235 e. The Hall–Kier alpha value is -1.23. The summed E-state index contributed by atoms with van der Waals surface area (Å²) in [7, 11) is -3.23. The van der Waals surface area contributed by atoms with Gasteiger partial charge >= 0.3 is 0 Å². The SMILES string of the molecule is CCCN(c1cccc(N)c1)S(=O)(=O)CCC. The maximum absolute atomic E-state index is 12.1. The second-order valence-corrected chi connectivity index (χ2v) is 6.00. The molecule has 0 bridgehead atoms. The van der Waals surface area contributed by atoms with Gasteiger partial charge in [-0.05, 0) is 31.0 Å². The van der Waals surface area contributed by atoms with Gasteiger partial charge in [-0.2, -0.15) is 0 Å². The Morgan fingerprint density at radius 1 is 1.24 bits per heavy atom. The first-order valence-electron chi connectivity index (χ1n) is 5.87. The van der Waals surface area contributed by atoms with Crippen molar-refractivity contribution < 1.29 is 8.42 Å². The quantitative estimate of drug-likeness (QED) is 0.794. The molecular weight excluding hydrogens is 236 g/mol. The normalized spacial score (nSPS) is 11.4. The molecule has 0 aromatic heterocycles. The Morgan fingerprint density at radius 3 is 2.47 bits per heavy atom. The zero-order valence-corrected chi connectivity index (χ0v) is 11.2. The molecule has 0 heterocycles. The van der Waals surface area contributed by atoms with E-state index < -0.39 is 10.0 Å². The summed E-state index contributed by atoms with van der Waals surface area (Å²) >= 11 is 0. The number of nitrogen functional groups attached to an aromatic ring is 1. The topological polar surface area (TPSA) is 63.4 Å². The number of hydrogen-bond acceptors (Lipinski definition) is 3. The Bertz CT molecular complexity index is 457. The third kappa shape index (κ3) is 3.63. The van der Waals surface area contributed by atoms with Gasteiger partial charge in [-0.3, -0.25) is 4.31 Å². The van der Waals surface area contributed by atoms with Crippen LogP contribution in [0.2, 0.25) is 0 Å². The lowest BCUT2D eigenvalue weighted by molar-refractivity contribution is 0.588. The van der Waals surface area contributed by atoms with Gasteiger partial charge in [-0.1, -0.05) is 19.9 Å². The number of nitrogens with zero attached hydrogens (tertiary/aromatic N) is 1. The van der Waals surface area contributed by atoms with E-state index in [9.17, 15) is 8.42 Å². The third-order valence-electron chi connectivity index (χ3n) is 2.38. The van der Waals surface area contributed by atoms with Gasteiger partial charge < -0.3 is 5.73 Å². The molecule has 1 aromatic rings. The van der Waals surface area contributed by atoms with Gasteiger partial charge in [0.15, 0.2) is 0 Å². The van der Waals surface area contributed by atoms with E-state index in [1.807, 2.05) is 13.8 Å². The summed E-state index contributed by atoms with van der Waals surface area (Å²) in [4.78, 5) is 0. The number of nitrogens with two attached hydrogens (primary N) is 1. The van der Waals surface area contributed by atoms with E-state index in [0.717, 1.165) is 6.42 Å². The van der Waals surface area contributed by atoms with Crippen LogP contribution < -0.4 is 10.0 Å². The number of sulfonamides is 1. The molecule has 96 valence electrons. The molecule has 0 saturated carbocycles. The van der Waals surface area contributed by atoms with Gasteiger partial charge in [-0.15, -0.1) is 0 Å². The van der Waals surface area contributed by atoms with Crippen LogP contribution in [-0.4, -0.2) is 20.7 Å². The summed E-state index contributed by atoms with van der Waals surface area (Å²) in [5, 5.41) is 0. The van der Waals surface area contributed by atoms with Crippen LogP contribution in [0.5, 0.6) is 0 Å². The van der Waals surface area contributed by atoms with Gasteiger partial charge in [0.05, 0.1) is 11.4 Å². The molecule has 0 spiro atoms.